The lowest BCUT2D eigenvalue weighted by molar-refractivity contribution is 0.381. The molecule has 1 nitrogen and oxygen atoms in total. The van der Waals surface area contributed by atoms with Crippen molar-refractivity contribution in [3.8, 4) is 33.4 Å². The van der Waals surface area contributed by atoms with Crippen molar-refractivity contribution in [3.63, 3.8) is 0 Å². The summed E-state index contributed by atoms with van der Waals surface area (Å²) in [6.07, 6.45) is 0. The van der Waals surface area contributed by atoms with Gasteiger partial charge in [0, 0.05) is 16.9 Å². The van der Waals surface area contributed by atoms with Gasteiger partial charge >= 0.3 is 0 Å². The Morgan fingerprint density at radius 3 is 1.55 bits per heavy atom. The van der Waals surface area contributed by atoms with Crippen LogP contribution in [0.4, 0.5) is 33.3 Å². The molecule has 0 heterocycles. The van der Waals surface area contributed by atoms with Gasteiger partial charge in [-0.1, -0.05) is 97.1 Å². The lowest BCUT2D eigenvalue weighted by Gasteiger charge is -2.15. The highest BCUT2D eigenvalue weighted by molar-refractivity contribution is 6.05. The van der Waals surface area contributed by atoms with Crippen molar-refractivity contribution in [2.75, 3.05) is 5.32 Å². The normalized spacial score (nSPS) is 11.1. The molecule has 0 aliphatic heterocycles. The highest BCUT2D eigenvalue weighted by Gasteiger charge is 2.27. The molecule has 0 atom stereocenters. The third-order valence-corrected chi connectivity index (χ3v) is 6.89. The van der Waals surface area contributed by atoms with Gasteiger partial charge in [0.15, 0.2) is 23.3 Å². The molecule has 6 aromatic rings. The summed E-state index contributed by atoms with van der Waals surface area (Å²) >= 11 is 0. The Bertz CT molecular complexity index is 1840. The largest absolute Gasteiger partial charge is 0.355 e. The molecular formula is C34H20F5N. The van der Waals surface area contributed by atoms with Crippen molar-refractivity contribution in [2.24, 2.45) is 0 Å². The molecule has 196 valence electrons. The second-order valence-corrected chi connectivity index (χ2v) is 9.27. The van der Waals surface area contributed by atoms with Gasteiger partial charge in [0.2, 0.25) is 5.82 Å². The maximum atomic E-state index is 14.7. The van der Waals surface area contributed by atoms with Gasteiger partial charge in [0.1, 0.15) is 0 Å². The van der Waals surface area contributed by atoms with Gasteiger partial charge in [-0.25, -0.2) is 22.0 Å². The molecule has 6 heteroatoms. The van der Waals surface area contributed by atoms with Crippen LogP contribution in [0.1, 0.15) is 0 Å². The average Bonchev–Trinajstić information content (AvgIpc) is 3.00. The molecule has 0 saturated carbocycles. The Morgan fingerprint density at radius 1 is 0.375 bits per heavy atom. The third-order valence-electron chi connectivity index (χ3n) is 6.89. The molecule has 0 saturated heterocycles. The van der Waals surface area contributed by atoms with Crippen LogP contribution in [0.3, 0.4) is 0 Å². The summed E-state index contributed by atoms with van der Waals surface area (Å²) in [5, 5.41) is 4.43. The zero-order valence-corrected chi connectivity index (χ0v) is 20.9. The number of para-hydroxylation sites is 1. The Kier molecular flexibility index (Phi) is 6.52. The van der Waals surface area contributed by atoms with Gasteiger partial charge < -0.3 is 5.32 Å². The number of hydrogen-bond acceptors (Lipinski definition) is 1. The summed E-state index contributed by atoms with van der Waals surface area (Å²) in [6, 6.07) is 35.5. The Hall–Kier alpha value is -4.97. The van der Waals surface area contributed by atoms with E-state index in [9.17, 15) is 22.0 Å². The number of halogens is 5. The van der Waals surface area contributed by atoms with Gasteiger partial charge in [0.25, 0.3) is 0 Å². The first-order chi connectivity index (χ1) is 19.4. The van der Waals surface area contributed by atoms with E-state index in [0.29, 0.717) is 10.8 Å². The Balaban J connectivity index is 1.39. The van der Waals surface area contributed by atoms with E-state index in [1.165, 1.54) is 6.07 Å². The summed E-state index contributed by atoms with van der Waals surface area (Å²) in [5.74, 6) is -9.85. The molecule has 0 spiro atoms. The number of rotatable bonds is 5. The molecule has 1 N–H and O–H groups in total. The van der Waals surface area contributed by atoms with E-state index >= 15 is 0 Å². The minimum atomic E-state index is -2.18. The van der Waals surface area contributed by atoms with Gasteiger partial charge in [0.05, 0.1) is 5.56 Å². The molecular weight excluding hydrogens is 517 g/mol. The summed E-state index contributed by atoms with van der Waals surface area (Å²) in [4.78, 5) is 0. The number of anilines is 2. The van der Waals surface area contributed by atoms with Crippen LogP contribution in [-0.4, -0.2) is 0 Å². The minimum Gasteiger partial charge on any atom is -0.355 e. The molecule has 0 aliphatic carbocycles. The first-order valence-corrected chi connectivity index (χ1v) is 12.5. The van der Waals surface area contributed by atoms with E-state index in [0.717, 1.165) is 33.6 Å². The second kappa shape index (κ2) is 10.3. The van der Waals surface area contributed by atoms with Gasteiger partial charge in [-0.3, -0.25) is 0 Å². The lowest BCUT2D eigenvalue weighted by Crippen LogP contribution is -2.04. The first-order valence-electron chi connectivity index (χ1n) is 12.5. The second-order valence-electron chi connectivity index (χ2n) is 9.27. The van der Waals surface area contributed by atoms with Gasteiger partial charge in [-0.05, 0) is 51.2 Å². The predicted molar refractivity (Wildman–Crippen MR) is 150 cm³/mol. The molecule has 0 aliphatic rings. The SMILES string of the molecule is Fc1c(F)c(F)c(-c2ccc(-c3ccc(Nc4ccccc4-c4ccccc4)cc3)c3ccccc23)c(F)c1F. The standard InChI is InChI=1S/C34H20F5N/c35-30-29(31(36)33(38)34(39)32(30)37)27-19-18-23(25-11-4-5-12-26(25)27)21-14-16-22(17-15-21)40-28-13-7-6-10-24(28)20-8-2-1-3-9-20/h1-19,40H. The fraction of sp³-hybridized carbons (Fsp3) is 0. The zero-order valence-electron chi connectivity index (χ0n) is 20.9. The fourth-order valence-corrected chi connectivity index (χ4v) is 4.96. The molecule has 0 unspecified atom stereocenters. The van der Waals surface area contributed by atoms with Crippen LogP contribution in [0.2, 0.25) is 0 Å². The van der Waals surface area contributed by atoms with Crippen LogP contribution in [0.15, 0.2) is 115 Å². The van der Waals surface area contributed by atoms with E-state index in [-0.39, 0.29) is 5.56 Å². The lowest BCUT2D eigenvalue weighted by atomic mass is 9.91. The highest BCUT2D eigenvalue weighted by Crippen LogP contribution is 2.40. The van der Waals surface area contributed by atoms with E-state index in [2.05, 4.69) is 5.32 Å². The topological polar surface area (TPSA) is 12.0 Å². The van der Waals surface area contributed by atoms with Crippen LogP contribution in [0, 0.1) is 29.1 Å². The van der Waals surface area contributed by atoms with Crippen LogP contribution in [0.25, 0.3) is 44.2 Å². The van der Waals surface area contributed by atoms with Gasteiger partial charge in [-0.2, -0.15) is 0 Å². The van der Waals surface area contributed by atoms with Crippen LogP contribution >= 0.6 is 0 Å². The van der Waals surface area contributed by atoms with E-state index in [1.54, 1.807) is 30.3 Å². The van der Waals surface area contributed by atoms with Crippen molar-refractivity contribution in [3.05, 3.63) is 144 Å². The van der Waals surface area contributed by atoms with E-state index in [1.807, 2.05) is 78.9 Å². The maximum absolute atomic E-state index is 14.7. The summed E-state index contributed by atoms with van der Waals surface area (Å²) in [6.45, 7) is 0. The first kappa shape index (κ1) is 25.3. The molecule has 0 bridgehead atoms. The number of fused-ring (bicyclic) bond motifs is 1. The Morgan fingerprint density at radius 2 is 0.875 bits per heavy atom. The molecule has 40 heavy (non-hydrogen) atoms. The van der Waals surface area contributed by atoms with Crippen molar-refractivity contribution in [1.82, 2.24) is 0 Å². The third kappa shape index (κ3) is 4.37. The number of nitrogens with one attached hydrogen (secondary N) is 1. The van der Waals surface area contributed by atoms with Crippen molar-refractivity contribution in [2.45, 2.75) is 0 Å². The summed E-state index contributed by atoms with van der Waals surface area (Å²) < 4.78 is 71.0. The molecule has 6 aromatic carbocycles. The smallest absolute Gasteiger partial charge is 0.200 e. The van der Waals surface area contributed by atoms with Crippen LogP contribution in [-0.2, 0) is 0 Å². The van der Waals surface area contributed by atoms with Crippen molar-refractivity contribution >= 4 is 22.1 Å². The minimum absolute atomic E-state index is 0.0806. The van der Waals surface area contributed by atoms with Crippen LogP contribution in [0.5, 0.6) is 0 Å². The van der Waals surface area contributed by atoms with Gasteiger partial charge in [-0.15, -0.1) is 0 Å². The molecule has 6 rings (SSSR count). The maximum Gasteiger partial charge on any atom is 0.200 e. The van der Waals surface area contributed by atoms with Crippen LogP contribution < -0.4 is 5.32 Å². The van der Waals surface area contributed by atoms with E-state index in [4.69, 9.17) is 0 Å². The zero-order chi connectivity index (χ0) is 27.8. The predicted octanol–water partition coefficient (Wildman–Crippen LogP) is 10.3. The molecule has 0 radical (unpaired) electrons. The average molecular weight is 538 g/mol. The quantitative estimate of drug-likeness (QED) is 0.131. The highest BCUT2D eigenvalue weighted by atomic mass is 19.2. The molecule has 0 amide bonds. The van der Waals surface area contributed by atoms with Crippen molar-refractivity contribution < 1.29 is 22.0 Å². The summed E-state index contributed by atoms with van der Waals surface area (Å²) in [7, 11) is 0. The van der Waals surface area contributed by atoms with E-state index < -0.39 is 34.6 Å². The fourth-order valence-electron chi connectivity index (χ4n) is 4.96. The monoisotopic (exact) mass is 537 g/mol. The number of benzene rings is 6. The Labute approximate surface area is 227 Å². The molecule has 0 fully saturated rings. The molecule has 0 aromatic heterocycles. The number of hydrogen-bond donors (Lipinski definition) is 1. The van der Waals surface area contributed by atoms with Crippen molar-refractivity contribution in [1.29, 1.82) is 0 Å². The summed E-state index contributed by atoms with van der Waals surface area (Å²) in [5.41, 5.74) is 4.48.